The summed E-state index contributed by atoms with van der Waals surface area (Å²) in [6.45, 7) is 6.75. The van der Waals surface area contributed by atoms with Crippen LogP contribution in [0.4, 0.5) is 0 Å². The second-order valence-corrected chi connectivity index (χ2v) is 6.06. The monoisotopic (exact) mass is 306 g/mol. The average Bonchev–Trinajstić information content (AvgIpc) is 3.00. The van der Waals surface area contributed by atoms with Gasteiger partial charge in [0, 0.05) is 18.2 Å². The summed E-state index contributed by atoms with van der Waals surface area (Å²) in [5.74, 6) is 1.81. The molecule has 1 amide bonds. The van der Waals surface area contributed by atoms with Crippen molar-refractivity contribution in [2.24, 2.45) is 5.92 Å². The number of benzene rings is 1. The average molecular weight is 306 g/mol. The van der Waals surface area contributed by atoms with Crippen LogP contribution < -0.4 is 20.1 Å². The highest BCUT2D eigenvalue weighted by Gasteiger charge is 2.18. The first-order valence-corrected chi connectivity index (χ1v) is 7.92. The van der Waals surface area contributed by atoms with Gasteiger partial charge in [-0.05, 0) is 43.5 Å². The summed E-state index contributed by atoms with van der Waals surface area (Å²) in [6, 6.07) is 5.54. The van der Waals surface area contributed by atoms with Crippen molar-refractivity contribution in [2.45, 2.75) is 32.7 Å². The molecule has 0 bridgehead atoms. The first-order chi connectivity index (χ1) is 10.6. The highest BCUT2D eigenvalue weighted by atomic mass is 16.5. The quantitative estimate of drug-likeness (QED) is 0.811. The number of hydrogen-bond donors (Lipinski definition) is 2. The minimum Gasteiger partial charge on any atom is -0.493 e. The molecular formula is C17H26N2O3. The van der Waals surface area contributed by atoms with Crippen LogP contribution in [0.15, 0.2) is 18.2 Å². The maximum atomic E-state index is 12.2. The van der Waals surface area contributed by atoms with Crippen molar-refractivity contribution in [3.8, 4) is 11.5 Å². The third kappa shape index (κ3) is 4.63. The molecule has 1 aromatic carbocycles. The fraction of sp³-hybridized carbons (Fsp3) is 0.588. The molecule has 1 aromatic rings. The Morgan fingerprint density at radius 2 is 2.23 bits per heavy atom. The molecule has 1 saturated heterocycles. The van der Waals surface area contributed by atoms with E-state index in [0.717, 1.165) is 25.9 Å². The molecule has 2 N–H and O–H groups in total. The number of carbonyl (C=O) groups is 1. The lowest BCUT2D eigenvalue weighted by atomic mass is 10.1. The zero-order chi connectivity index (χ0) is 15.9. The molecule has 1 fully saturated rings. The summed E-state index contributed by atoms with van der Waals surface area (Å²) in [4.78, 5) is 12.2. The van der Waals surface area contributed by atoms with Crippen LogP contribution >= 0.6 is 0 Å². The first-order valence-electron chi connectivity index (χ1n) is 7.92. The van der Waals surface area contributed by atoms with Crippen molar-refractivity contribution < 1.29 is 14.3 Å². The third-order valence-corrected chi connectivity index (χ3v) is 3.77. The molecule has 2 rings (SSSR count). The summed E-state index contributed by atoms with van der Waals surface area (Å²) in [5, 5.41) is 6.26. The number of ether oxygens (including phenoxy) is 2. The van der Waals surface area contributed by atoms with Gasteiger partial charge in [-0.2, -0.15) is 0 Å². The Bertz CT molecular complexity index is 497. The maximum Gasteiger partial charge on any atom is 0.251 e. The molecule has 122 valence electrons. The minimum atomic E-state index is -0.0688. The summed E-state index contributed by atoms with van der Waals surface area (Å²) in [5.41, 5.74) is 0.597. The van der Waals surface area contributed by atoms with E-state index in [1.165, 1.54) is 0 Å². The Labute approximate surface area is 132 Å². The molecule has 0 aliphatic carbocycles. The largest absolute Gasteiger partial charge is 0.493 e. The van der Waals surface area contributed by atoms with Crippen LogP contribution in [0.1, 0.15) is 37.0 Å². The highest BCUT2D eigenvalue weighted by Crippen LogP contribution is 2.28. The normalized spacial score (nSPS) is 17.5. The van der Waals surface area contributed by atoms with Crippen molar-refractivity contribution in [3.63, 3.8) is 0 Å². The number of carbonyl (C=O) groups excluding carboxylic acids is 1. The summed E-state index contributed by atoms with van der Waals surface area (Å²) in [7, 11) is 1.59. The second kappa shape index (κ2) is 8.03. The van der Waals surface area contributed by atoms with Crippen LogP contribution in [0.25, 0.3) is 0 Å². The number of rotatable bonds is 7. The van der Waals surface area contributed by atoms with Crippen LogP contribution in [0.2, 0.25) is 0 Å². The van der Waals surface area contributed by atoms with E-state index in [4.69, 9.17) is 9.47 Å². The lowest BCUT2D eigenvalue weighted by Gasteiger charge is -2.14. The van der Waals surface area contributed by atoms with Gasteiger partial charge in [-0.1, -0.05) is 13.8 Å². The Balaban J connectivity index is 1.99. The van der Waals surface area contributed by atoms with Gasteiger partial charge in [0.1, 0.15) is 0 Å². The molecule has 1 aliphatic heterocycles. The molecule has 0 radical (unpaired) electrons. The molecule has 1 atom stereocenters. The molecule has 0 spiro atoms. The predicted molar refractivity (Wildman–Crippen MR) is 86.7 cm³/mol. The summed E-state index contributed by atoms with van der Waals surface area (Å²) in [6.07, 6.45) is 1.96. The van der Waals surface area contributed by atoms with Gasteiger partial charge in [0.2, 0.25) is 0 Å². The van der Waals surface area contributed by atoms with E-state index in [9.17, 15) is 4.79 Å². The van der Waals surface area contributed by atoms with Gasteiger partial charge in [0.25, 0.3) is 5.91 Å². The Morgan fingerprint density at radius 1 is 1.41 bits per heavy atom. The molecular weight excluding hydrogens is 280 g/mol. The summed E-state index contributed by atoms with van der Waals surface area (Å²) >= 11 is 0. The van der Waals surface area contributed by atoms with E-state index in [0.29, 0.717) is 29.6 Å². The zero-order valence-electron chi connectivity index (χ0n) is 13.6. The van der Waals surface area contributed by atoms with Gasteiger partial charge in [-0.15, -0.1) is 0 Å². The first kappa shape index (κ1) is 16.6. The van der Waals surface area contributed by atoms with E-state index in [1.54, 1.807) is 25.3 Å². The Morgan fingerprint density at radius 3 is 2.86 bits per heavy atom. The number of amides is 1. The van der Waals surface area contributed by atoms with E-state index in [-0.39, 0.29) is 11.9 Å². The van der Waals surface area contributed by atoms with Gasteiger partial charge < -0.3 is 20.1 Å². The highest BCUT2D eigenvalue weighted by molar-refractivity contribution is 5.95. The SMILES string of the molecule is COc1cc(C(=O)NC2CCNC2)ccc1OCCC(C)C. The molecule has 0 saturated carbocycles. The van der Waals surface area contributed by atoms with Crippen LogP contribution in [-0.4, -0.2) is 38.8 Å². The number of methoxy groups -OCH3 is 1. The lowest BCUT2D eigenvalue weighted by molar-refractivity contribution is 0.0939. The summed E-state index contributed by atoms with van der Waals surface area (Å²) < 4.78 is 11.1. The van der Waals surface area contributed by atoms with Gasteiger partial charge in [-0.3, -0.25) is 4.79 Å². The number of nitrogens with one attached hydrogen (secondary N) is 2. The number of hydrogen-bond acceptors (Lipinski definition) is 4. The minimum absolute atomic E-state index is 0.0688. The van der Waals surface area contributed by atoms with E-state index in [2.05, 4.69) is 24.5 Å². The van der Waals surface area contributed by atoms with E-state index >= 15 is 0 Å². The van der Waals surface area contributed by atoms with Crippen molar-refractivity contribution >= 4 is 5.91 Å². The van der Waals surface area contributed by atoms with Crippen LogP contribution in [0, 0.1) is 5.92 Å². The second-order valence-electron chi connectivity index (χ2n) is 6.06. The van der Waals surface area contributed by atoms with Crippen molar-refractivity contribution in [2.75, 3.05) is 26.8 Å². The van der Waals surface area contributed by atoms with Crippen LogP contribution in [-0.2, 0) is 0 Å². The van der Waals surface area contributed by atoms with Crippen molar-refractivity contribution in [1.29, 1.82) is 0 Å². The molecule has 5 nitrogen and oxygen atoms in total. The molecule has 1 unspecified atom stereocenters. The van der Waals surface area contributed by atoms with Crippen molar-refractivity contribution in [3.05, 3.63) is 23.8 Å². The van der Waals surface area contributed by atoms with E-state index < -0.39 is 0 Å². The fourth-order valence-electron chi connectivity index (χ4n) is 2.38. The Hall–Kier alpha value is -1.75. The van der Waals surface area contributed by atoms with Crippen LogP contribution in [0.3, 0.4) is 0 Å². The zero-order valence-corrected chi connectivity index (χ0v) is 13.6. The molecule has 1 aliphatic rings. The predicted octanol–water partition coefficient (Wildman–Crippen LogP) is 2.21. The topological polar surface area (TPSA) is 59.6 Å². The standard InChI is InChI=1S/C17H26N2O3/c1-12(2)7-9-22-15-5-4-13(10-16(15)21-3)17(20)19-14-6-8-18-11-14/h4-5,10,12,14,18H,6-9,11H2,1-3H3,(H,19,20). The molecule has 5 heteroatoms. The van der Waals surface area contributed by atoms with E-state index in [1.807, 2.05) is 0 Å². The van der Waals surface area contributed by atoms with Gasteiger partial charge in [-0.25, -0.2) is 0 Å². The lowest BCUT2D eigenvalue weighted by Crippen LogP contribution is -2.36. The van der Waals surface area contributed by atoms with Crippen molar-refractivity contribution in [1.82, 2.24) is 10.6 Å². The third-order valence-electron chi connectivity index (χ3n) is 3.77. The van der Waals surface area contributed by atoms with Gasteiger partial charge in [0.05, 0.1) is 13.7 Å². The van der Waals surface area contributed by atoms with Gasteiger partial charge in [0.15, 0.2) is 11.5 Å². The molecule has 22 heavy (non-hydrogen) atoms. The fourth-order valence-corrected chi connectivity index (χ4v) is 2.38. The van der Waals surface area contributed by atoms with Gasteiger partial charge >= 0.3 is 0 Å². The molecule has 1 heterocycles. The van der Waals surface area contributed by atoms with Crippen LogP contribution in [0.5, 0.6) is 11.5 Å². The Kier molecular flexibility index (Phi) is 6.07. The molecule has 0 aromatic heterocycles. The smallest absolute Gasteiger partial charge is 0.251 e. The maximum absolute atomic E-state index is 12.2.